The van der Waals surface area contributed by atoms with Gasteiger partial charge in [-0.1, -0.05) is 17.7 Å². The Balaban J connectivity index is 2.42. The van der Waals surface area contributed by atoms with Gasteiger partial charge in [0.05, 0.1) is 13.3 Å². The lowest BCUT2D eigenvalue weighted by atomic mass is 10.1. The third-order valence-corrected chi connectivity index (χ3v) is 3.03. The summed E-state index contributed by atoms with van der Waals surface area (Å²) >= 11 is 5.72. The first-order chi connectivity index (χ1) is 9.06. The molecule has 1 fully saturated rings. The lowest BCUT2D eigenvalue weighted by Crippen LogP contribution is -2.28. The van der Waals surface area contributed by atoms with Crippen LogP contribution in [-0.4, -0.2) is 35.5 Å². The van der Waals surface area contributed by atoms with Gasteiger partial charge in [0.15, 0.2) is 11.5 Å². The zero-order chi connectivity index (χ0) is 14.0. The first-order valence-corrected chi connectivity index (χ1v) is 5.98. The summed E-state index contributed by atoms with van der Waals surface area (Å²) < 4.78 is 4.62. The van der Waals surface area contributed by atoms with E-state index in [4.69, 9.17) is 11.6 Å². The van der Waals surface area contributed by atoms with E-state index in [1.54, 1.807) is 6.08 Å². The number of esters is 1. The van der Waals surface area contributed by atoms with Crippen LogP contribution in [0.15, 0.2) is 18.9 Å². The second-order valence-electron chi connectivity index (χ2n) is 4.06. The number of hydrogen-bond donors (Lipinski definition) is 0. The molecule has 7 heteroatoms. The van der Waals surface area contributed by atoms with Crippen LogP contribution in [0.4, 0.5) is 5.82 Å². The van der Waals surface area contributed by atoms with E-state index in [0.29, 0.717) is 13.0 Å². The summed E-state index contributed by atoms with van der Waals surface area (Å²) in [4.78, 5) is 32.9. The Morgan fingerprint density at radius 1 is 1.68 bits per heavy atom. The average molecular weight is 282 g/mol. The summed E-state index contributed by atoms with van der Waals surface area (Å²) in [7, 11) is 1.23. The number of ether oxygens (including phenoxy) is 1. The quantitative estimate of drug-likeness (QED) is 0.619. The van der Waals surface area contributed by atoms with E-state index in [9.17, 15) is 9.59 Å². The summed E-state index contributed by atoms with van der Waals surface area (Å²) in [6.45, 7) is 4.08. The van der Waals surface area contributed by atoms with E-state index in [0.717, 1.165) is 0 Å². The van der Waals surface area contributed by atoms with Gasteiger partial charge in [-0.3, -0.25) is 9.69 Å². The maximum absolute atomic E-state index is 11.9. The molecule has 0 spiro atoms. The van der Waals surface area contributed by atoms with Crippen molar-refractivity contribution in [3.63, 3.8) is 0 Å². The van der Waals surface area contributed by atoms with Gasteiger partial charge in [0.1, 0.15) is 5.15 Å². The van der Waals surface area contributed by atoms with Crippen molar-refractivity contribution in [2.75, 3.05) is 18.6 Å². The van der Waals surface area contributed by atoms with Crippen LogP contribution >= 0.6 is 11.6 Å². The van der Waals surface area contributed by atoms with Crippen molar-refractivity contribution < 1.29 is 14.3 Å². The van der Waals surface area contributed by atoms with Crippen molar-refractivity contribution in [1.82, 2.24) is 9.97 Å². The monoisotopic (exact) mass is 281 g/mol. The second kappa shape index (κ2) is 5.36. The van der Waals surface area contributed by atoms with Crippen LogP contribution in [0.2, 0.25) is 5.15 Å². The van der Waals surface area contributed by atoms with E-state index in [1.165, 1.54) is 18.2 Å². The predicted molar refractivity (Wildman–Crippen MR) is 69.0 cm³/mol. The SMILES string of the molecule is C=CC1CC(=O)N(c2ncc(Cl)nc2C(=O)OC)C1. The van der Waals surface area contributed by atoms with Crippen molar-refractivity contribution in [3.8, 4) is 0 Å². The number of amides is 1. The standard InChI is InChI=1S/C12H12ClN3O3/c1-3-7-4-9(17)16(6-7)11-10(12(18)19-2)15-8(13)5-14-11/h3,5,7H,1,4,6H2,2H3. The molecule has 6 nitrogen and oxygen atoms in total. The Morgan fingerprint density at radius 2 is 2.42 bits per heavy atom. The minimum absolute atomic E-state index is 0.0375. The van der Waals surface area contributed by atoms with Crippen LogP contribution < -0.4 is 4.90 Å². The molecule has 0 radical (unpaired) electrons. The molecule has 0 aliphatic carbocycles. The summed E-state index contributed by atoms with van der Waals surface area (Å²) in [5, 5.41) is 0.0658. The van der Waals surface area contributed by atoms with E-state index in [1.807, 2.05) is 0 Å². The van der Waals surface area contributed by atoms with Crippen molar-refractivity contribution in [2.24, 2.45) is 5.92 Å². The molecule has 0 bridgehead atoms. The molecule has 0 N–H and O–H groups in total. The first kappa shape index (κ1) is 13.5. The maximum atomic E-state index is 11.9. The fraction of sp³-hybridized carbons (Fsp3) is 0.333. The van der Waals surface area contributed by atoms with E-state index in [-0.39, 0.29) is 28.5 Å². The van der Waals surface area contributed by atoms with Crippen LogP contribution in [0.3, 0.4) is 0 Å². The third-order valence-electron chi connectivity index (χ3n) is 2.85. The average Bonchev–Trinajstić information content (AvgIpc) is 2.79. The molecular formula is C12H12ClN3O3. The molecule has 2 rings (SSSR count). The molecule has 1 amide bonds. The minimum atomic E-state index is -0.681. The Morgan fingerprint density at radius 3 is 3.00 bits per heavy atom. The highest BCUT2D eigenvalue weighted by atomic mass is 35.5. The number of rotatable bonds is 3. The van der Waals surface area contributed by atoms with Crippen LogP contribution in [0.25, 0.3) is 0 Å². The van der Waals surface area contributed by atoms with Crippen LogP contribution in [-0.2, 0) is 9.53 Å². The number of halogens is 1. The van der Waals surface area contributed by atoms with Crippen LogP contribution in [0.1, 0.15) is 16.9 Å². The van der Waals surface area contributed by atoms with Gasteiger partial charge in [-0.25, -0.2) is 14.8 Å². The van der Waals surface area contributed by atoms with E-state index < -0.39 is 5.97 Å². The van der Waals surface area contributed by atoms with Crippen LogP contribution in [0, 0.1) is 5.92 Å². The molecule has 100 valence electrons. The molecule has 2 heterocycles. The van der Waals surface area contributed by atoms with Gasteiger partial charge in [0, 0.05) is 18.9 Å². The van der Waals surface area contributed by atoms with E-state index >= 15 is 0 Å². The molecule has 1 aliphatic rings. The van der Waals surface area contributed by atoms with Crippen molar-refractivity contribution in [1.29, 1.82) is 0 Å². The third kappa shape index (κ3) is 2.58. The number of anilines is 1. The highest BCUT2D eigenvalue weighted by molar-refractivity contribution is 6.29. The van der Waals surface area contributed by atoms with Gasteiger partial charge < -0.3 is 4.74 Å². The van der Waals surface area contributed by atoms with Gasteiger partial charge in [-0.15, -0.1) is 6.58 Å². The number of aromatic nitrogens is 2. The largest absolute Gasteiger partial charge is 0.464 e. The Hall–Kier alpha value is -1.95. The van der Waals surface area contributed by atoms with Gasteiger partial charge >= 0.3 is 5.97 Å². The normalized spacial score (nSPS) is 18.5. The van der Waals surface area contributed by atoms with Gasteiger partial charge in [-0.05, 0) is 0 Å². The van der Waals surface area contributed by atoms with Gasteiger partial charge in [0.25, 0.3) is 0 Å². The van der Waals surface area contributed by atoms with Gasteiger partial charge in [0.2, 0.25) is 5.91 Å². The minimum Gasteiger partial charge on any atom is -0.464 e. The number of carbonyl (C=O) groups is 2. The topological polar surface area (TPSA) is 72.4 Å². The van der Waals surface area contributed by atoms with Crippen molar-refractivity contribution in [2.45, 2.75) is 6.42 Å². The fourth-order valence-corrected chi connectivity index (χ4v) is 2.02. The lowest BCUT2D eigenvalue weighted by Gasteiger charge is -2.17. The van der Waals surface area contributed by atoms with Gasteiger partial charge in [-0.2, -0.15) is 0 Å². The molecule has 1 atom stereocenters. The highest BCUT2D eigenvalue weighted by Crippen LogP contribution is 2.27. The number of nitrogens with zero attached hydrogens (tertiary/aromatic N) is 3. The number of carbonyl (C=O) groups excluding carboxylic acids is 2. The Bertz CT molecular complexity index is 547. The molecule has 1 aromatic rings. The second-order valence-corrected chi connectivity index (χ2v) is 4.45. The summed E-state index contributed by atoms with van der Waals surface area (Å²) in [5.41, 5.74) is -0.0620. The Kier molecular flexibility index (Phi) is 3.80. The zero-order valence-electron chi connectivity index (χ0n) is 10.3. The molecule has 1 unspecified atom stereocenters. The molecule has 1 aromatic heterocycles. The van der Waals surface area contributed by atoms with E-state index in [2.05, 4.69) is 21.3 Å². The fourth-order valence-electron chi connectivity index (χ4n) is 1.89. The summed E-state index contributed by atoms with van der Waals surface area (Å²) in [6.07, 6.45) is 3.34. The van der Waals surface area contributed by atoms with Crippen molar-refractivity contribution in [3.05, 3.63) is 29.7 Å². The first-order valence-electron chi connectivity index (χ1n) is 5.60. The summed E-state index contributed by atoms with van der Waals surface area (Å²) in [6, 6.07) is 0. The molecule has 19 heavy (non-hydrogen) atoms. The number of methoxy groups -OCH3 is 1. The smallest absolute Gasteiger partial charge is 0.360 e. The Labute approximate surface area is 115 Å². The zero-order valence-corrected chi connectivity index (χ0v) is 11.1. The number of hydrogen-bond acceptors (Lipinski definition) is 5. The maximum Gasteiger partial charge on any atom is 0.360 e. The predicted octanol–water partition coefficient (Wildman–Crippen LogP) is 1.46. The van der Waals surface area contributed by atoms with Crippen LogP contribution in [0.5, 0.6) is 0 Å². The lowest BCUT2D eigenvalue weighted by molar-refractivity contribution is -0.117. The molecule has 0 saturated carbocycles. The molecule has 0 aromatic carbocycles. The van der Waals surface area contributed by atoms with Crippen molar-refractivity contribution >= 4 is 29.3 Å². The highest BCUT2D eigenvalue weighted by Gasteiger charge is 2.33. The molecular weight excluding hydrogens is 270 g/mol. The molecule has 1 saturated heterocycles. The summed E-state index contributed by atoms with van der Waals surface area (Å²) in [5.74, 6) is -0.604. The molecule has 1 aliphatic heterocycles.